The molecule has 0 saturated heterocycles. The lowest BCUT2D eigenvalue weighted by Gasteiger charge is -2.01. The van der Waals surface area contributed by atoms with Gasteiger partial charge in [0.05, 0.1) is 10.4 Å². The molecule has 0 aliphatic rings. The van der Waals surface area contributed by atoms with E-state index in [1.807, 2.05) is 18.2 Å². The minimum atomic E-state index is -0.170. The van der Waals surface area contributed by atoms with Crippen LogP contribution in [0.3, 0.4) is 0 Å². The molecule has 4 nitrogen and oxygen atoms in total. The number of aryl methyl sites for hydroxylation is 1. The van der Waals surface area contributed by atoms with Crippen molar-refractivity contribution in [2.45, 2.75) is 13.3 Å². The van der Waals surface area contributed by atoms with E-state index >= 15 is 0 Å². The summed E-state index contributed by atoms with van der Waals surface area (Å²) < 4.78 is 0. The van der Waals surface area contributed by atoms with Crippen molar-refractivity contribution < 1.29 is 4.79 Å². The molecule has 0 aliphatic carbocycles. The lowest BCUT2D eigenvalue weighted by atomic mass is 10.3. The number of hydrogen-bond acceptors (Lipinski definition) is 4. The van der Waals surface area contributed by atoms with Gasteiger partial charge in [-0.05, 0) is 30.7 Å². The fourth-order valence-corrected chi connectivity index (χ4v) is 2.24. The summed E-state index contributed by atoms with van der Waals surface area (Å²) in [5.74, 6) is 0.280. The molecule has 5 heteroatoms. The number of nitrogens with one attached hydrogen (secondary N) is 1. The Morgan fingerprint density at radius 2 is 2.28 bits per heavy atom. The fraction of sp³-hybridized carbons (Fsp3) is 0.154. The highest BCUT2D eigenvalue weighted by Gasteiger charge is 2.09. The second-order valence-corrected chi connectivity index (χ2v) is 4.79. The lowest BCUT2D eigenvalue weighted by Crippen LogP contribution is -2.11. The lowest BCUT2D eigenvalue weighted by molar-refractivity contribution is 0.103. The highest BCUT2D eigenvalue weighted by Crippen LogP contribution is 2.18. The fourth-order valence-electron chi connectivity index (χ4n) is 1.40. The van der Waals surface area contributed by atoms with E-state index in [1.165, 1.54) is 22.4 Å². The van der Waals surface area contributed by atoms with Crippen molar-refractivity contribution in [1.29, 1.82) is 5.26 Å². The first kappa shape index (κ1) is 12.3. The van der Waals surface area contributed by atoms with E-state index in [2.05, 4.69) is 17.2 Å². The largest absolute Gasteiger partial charge is 0.306 e. The summed E-state index contributed by atoms with van der Waals surface area (Å²) in [4.78, 5) is 17.7. The standard InChI is InChI=1S/C13H11N3OS/c1-2-10-4-5-11(18-10)13(17)16-12-6-3-9(7-14)8-15-12/h3-6,8H,2H2,1H3,(H,15,16,17). The predicted octanol–water partition coefficient (Wildman–Crippen LogP) is 2.83. The monoisotopic (exact) mass is 257 g/mol. The van der Waals surface area contributed by atoms with Gasteiger partial charge in [0, 0.05) is 11.1 Å². The molecule has 2 aromatic rings. The van der Waals surface area contributed by atoms with Gasteiger partial charge in [-0.1, -0.05) is 6.92 Å². The number of thiophene rings is 1. The molecule has 18 heavy (non-hydrogen) atoms. The molecule has 0 unspecified atom stereocenters. The van der Waals surface area contributed by atoms with E-state index in [0.717, 1.165) is 6.42 Å². The molecular formula is C13H11N3OS. The SMILES string of the molecule is CCc1ccc(C(=O)Nc2ccc(C#N)cn2)s1. The van der Waals surface area contributed by atoms with Crippen LogP contribution in [0.2, 0.25) is 0 Å². The van der Waals surface area contributed by atoms with E-state index in [4.69, 9.17) is 5.26 Å². The van der Waals surface area contributed by atoms with Gasteiger partial charge < -0.3 is 5.32 Å². The van der Waals surface area contributed by atoms with E-state index in [1.54, 1.807) is 12.1 Å². The summed E-state index contributed by atoms with van der Waals surface area (Å²) in [6, 6.07) is 8.97. The number of amides is 1. The van der Waals surface area contributed by atoms with Crippen LogP contribution in [-0.2, 0) is 6.42 Å². The van der Waals surface area contributed by atoms with Gasteiger partial charge in [-0.3, -0.25) is 4.79 Å². The van der Waals surface area contributed by atoms with Crippen molar-refractivity contribution in [1.82, 2.24) is 4.98 Å². The van der Waals surface area contributed by atoms with E-state index in [-0.39, 0.29) is 5.91 Å². The first-order chi connectivity index (χ1) is 8.72. The number of carbonyl (C=O) groups is 1. The van der Waals surface area contributed by atoms with Crippen LogP contribution in [0.1, 0.15) is 27.0 Å². The van der Waals surface area contributed by atoms with Gasteiger partial charge in [-0.25, -0.2) is 4.98 Å². The maximum absolute atomic E-state index is 11.9. The highest BCUT2D eigenvalue weighted by atomic mass is 32.1. The third-order valence-electron chi connectivity index (χ3n) is 2.37. The van der Waals surface area contributed by atoms with Crippen molar-refractivity contribution in [3.63, 3.8) is 0 Å². The summed E-state index contributed by atoms with van der Waals surface area (Å²) in [6.07, 6.45) is 2.36. The van der Waals surface area contributed by atoms with E-state index in [0.29, 0.717) is 16.3 Å². The van der Waals surface area contributed by atoms with Crippen molar-refractivity contribution in [3.05, 3.63) is 45.8 Å². The number of pyridine rings is 1. The van der Waals surface area contributed by atoms with Crippen molar-refractivity contribution in [2.24, 2.45) is 0 Å². The molecule has 0 fully saturated rings. The number of anilines is 1. The number of aromatic nitrogens is 1. The van der Waals surface area contributed by atoms with Gasteiger partial charge >= 0.3 is 0 Å². The zero-order valence-electron chi connectivity index (χ0n) is 9.80. The Kier molecular flexibility index (Phi) is 3.70. The minimum absolute atomic E-state index is 0.170. The van der Waals surface area contributed by atoms with Gasteiger partial charge in [-0.2, -0.15) is 5.26 Å². The topological polar surface area (TPSA) is 65.8 Å². The molecule has 1 amide bonds. The Morgan fingerprint density at radius 1 is 1.44 bits per heavy atom. The molecule has 0 atom stereocenters. The van der Waals surface area contributed by atoms with Crippen LogP contribution in [0, 0.1) is 11.3 Å². The average molecular weight is 257 g/mol. The molecule has 0 aromatic carbocycles. The summed E-state index contributed by atoms with van der Waals surface area (Å²) in [5, 5.41) is 11.3. The van der Waals surface area contributed by atoms with Crippen molar-refractivity contribution in [2.75, 3.05) is 5.32 Å². The highest BCUT2D eigenvalue weighted by molar-refractivity contribution is 7.14. The predicted molar refractivity (Wildman–Crippen MR) is 70.6 cm³/mol. The summed E-state index contributed by atoms with van der Waals surface area (Å²) in [6.45, 7) is 2.05. The van der Waals surface area contributed by atoms with Crippen molar-refractivity contribution >= 4 is 23.1 Å². The van der Waals surface area contributed by atoms with Gasteiger partial charge in [0.2, 0.25) is 0 Å². The van der Waals surface area contributed by atoms with Gasteiger partial charge in [0.1, 0.15) is 11.9 Å². The maximum Gasteiger partial charge on any atom is 0.266 e. The van der Waals surface area contributed by atoms with E-state index in [9.17, 15) is 4.79 Å². The first-order valence-corrected chi connectivity index (χ1v) is 6.30. The van der Waals surface area contributed by atoms with Gasteiger partial charge in [0.25, 0.3) is 5.91 Å². The van der Waals surface area contributed by atoms with Crippen molar-refractivity contribution in [3.8, 4) is 6.07 Å². The maximum atomic E-state index is 11.9. The van der Waals surface area contributed by atoms with Gasteiger partial charge in [-0.15, -0.1) is 11.3 Å². The number of rotatable bonds is 3. The van der Waals surface area contributed by atoms with Crippen LogP contribution in [0.25, 0.3) is 0 Å². The molecule has 0 bridgehead atoms. The van der Waals surface area contributed by atoms with Crippen LogP contribution >= 0.6 is 11.3 Å². The summed E-state index contributed by atoms with van der Waals surface area (Å²) >= 11 is 1.48. The number of nitriles is 1. The minimum Gasteiger partial charge on any atom is -0.306 e. The van der Waals surface area contributed by atoms with Crippen LogP contribution in [0.15, 0.2) is 30.5 Å². The molecule has 2 aromatic heterocycles. The molecule has 2 rings (SSSR count). The first-order valence-electron chi connectivity index (χ1n) is 5.49. The number of carbonyl (C=O) groups excluding carboxylic acids is 1. The molecule has 1 N–H and O–H groups in total. The Hall–Kier alpha value is -2.19. The zero-order valence-corrected chi connectivity index (χ0v) is 10.6. The summed E-state index contributed by atoms with van der Waals surface area (Å²) in [5.41, 5.74) is 0.470. The zero-order chi connectivity index (χ0) is 13.0. The molecule has 90 valence electrons. The van der Waals surface area contributed by atoms with Crippen LogP contribution in [0.4, 0.5) is 5.82 Å². The summed E-state index contributed by atoms with van der Waals surface area (Å²) in [7, 11) is 0. The van der Waals surface area contributed by atoms with Crippen LogP contribution < -0.4 is 5.32 Å². The molecule has 0 aliphatic heterocycles. The smallest absolute Gasteiger partial charge is 0.266 e. The second kappa shape index (κ2) is 5.43. The number of nitrogens with zero attached hydrogens (tertiary/aromatic N) is 2. The Bertz CT molecular complexity index is 595. The second-order valence-electron chi connectivity index (χ2n) is 3.62. The molecule has 0 radical (unpaired) electrons. The molecule has 2 heterocycles. The van der Waals surface area contributed by atoms with Crippen LogP contribution in [0.5, 0.6) is 0 Å². The average Bonchev–Trinajstić information content (AvgIpc) is 2.88. The van der Waals surface area contributed by atoms with Gasteiger partial charge in [0.15, 0.2) is 0 Å². The normalized spacial score (nSPS) is 9.78. The number of hydrogen-bond donors (Lipinski definition) is 1. The Morgan fingerprint density at radius 3 is 2.83 bits per heavy atom. The Labute approximate surface area is 109 Å². The quantitative estimate of drug-likeness (QED) is 0.919. The molecule has 0 saturated carbocycles. The third kappa shape index (κ3) is 2.73. The molecule has 0 spiro atoms. The Balaban J connectivity index is 2.08. The molecular weight excluding hydrogens is 246 g/mol. The van der Waals surface area contributed by atoms with Crippen LogP contribution in [-0.4, -0.2) is 10.9 Å². The third-order valence-corrected chi connectivity index (χ3v) is 3.60. The van der Waals surface area contributed by atoms with E-state index < -0.39 is 0 Å².